The lowest BCUT2D eigenvalue weighted by Crippen LogP contribution is -2.53. The number of rotatable bonds is 6. The fourth-order valence-corrected chi connectivity index (χ4v) is 2.49. The SMILES string of the molecule is COc1ccc(CC(C)NC(=O)C2COCCN2)cc1OC. The minimum atomic E-state index is -0.262. The van der Waals surface area contributed by atoms with E-state index in [4.69, 9.17) is 14.2 Å². The minimum Gasteiger partial charge on any atom is -0.493 e. The summed E-state index contributed by atoms with van der Waals surface area (Å²) in [6.07, 6.45) is 0.722. The van der Waals surface area contributed by atoms with Crippen molar-refractivity contribution in [3.63, 3.8) is 0 Å². The summed E-state index contributed by atoms with van der Waals surface area (Å²) in [5, 5.41) is 6.16. The van der Waals surface area contributed by atoms with E-state index >= 15 is 0 Å². The Balaban J connectivity index is 1.90. The van der Waals surface area contributed by atoms with Gasteiger partial charge in [-0.15, -0.1) is 0 Å². The maximum atomic E-state index is 12.1. The largest absolute Gasteiger partial charge is 0.493 e. The van der Waals surface area contributed by atoms with Crippen molar-refractivity contribution in [2.75, 3.05) is 34.0 Å². The fourth-order valence-electron chi connectivity index (χ4n) is 2.49. The summed E-state index contributed by atoms with van der Waals surface area (Å²) >= 11 is 0. The molecule has 1 amide bonds. The molecule has 2 rings (SSSR count). The van der Waals surface area contributed by atoms with Crippen LogP contribution in [0, 0.1) is 0 Å². The Morgan fingerprint density at radius 1 is 1.41 bits per heavy atom. The van der Waals surface area contributed by atoms with Crippen LogP contribution in [0.3, 0.4) is 0 Å². The molecule has 1 aliphatic heterocycles. The van der Waals surface area contributed by atoms with E-state index in [1.54, 1.807) is 14.2 Å². The quantitative estimate of drug-likeness (QED) is 0.811. The number of amides is 1. The van der Waals surface area contributed by atoms with E-state index in [2.05, 4.69) is 10.6 Å². The standard InChI is InChI=1S/C16H24N2O4/c1-11(18-16(19)13-10-22-7-6-17-13)8-12-4-5-14(20-2)15(9-12)21-3/h4-5,9,11,13,17H,6-8,10H2,1-3H3,(H,18,19). The predicted octanol–water partition coefficient (Wildman–Crippen LogP) is 0.739. The van der Waals surface area contributed by atoms with E-state index in [1.165, 1.54) is 0 Å². The molecular weight excluding hydrogens is 284 g/mol. The monoisotopic (exact) mass is 308 g/mol. The lowest BCUT2D eigenvalue weighted by molar-refractivity contribution is -0.126. The number of benzene rings is 1. The molecule has 122 valence electrons. The normalized spacial score (nSPS) is 19.3. The second-order valence-electron chi connectivity index (χ2n) is 5.38. The van der Waals surface area contributed by atoms with Gasteiger partial charge in [0.1, 0.15) is 6.04 Å². The summed E-state index contributed by atoms with van der Waals surface area (Å²) in [6, 6.07) is 5.55. The van der Waals surface area contributed by atoms with Crippen molar-refractivity contribution in [1.82, 2.24) is 10.6 Å². The van der Waals surface area contributed by atoms with Gasteiger partial charge in [0, 0.05) is 12.6 Å². The van der Waals surface area contributed by atoms with Crippen molar-refractivity contribution < 1.29 is 19.0 Å². The Kier molecular flexibility index (Phi) is 6.03. The van der Waals surface area contributed by atoms with Crippen molar-refractivity contribution in [2.24, 2.45) is 0 Å². The van der Waals surface area contributed by atoms with E-state index < -0.39 is 0 Å². The highest BCUT2D eigenvalue weighted by atomic mass is 16.5. The van der Waals surface area contributed by atoms with Crippen LogP contribution < -0.4 is 20.1 Å². The van der Waals surface area contributed by atoms with Crippen molar-refractivity contribution in [3.05, 3.63) is 23.8 Å². The molecule has 6 nitrogen and oxygen atoms in total. The van der Waals surface area contributed by atoms with Crippen molar-refractivity contribution >= 4 is 5.91 Å². The van der Waals surface area contributed by atoms with Gasteiger partial charge >= 0.3 is 0 Å². The highest BCUT2D eigenvalue weighted by molar-refractivity contribution is 5.82. The minimum absolute atomic E-state index is 0.0207. The Hall–Kier alpha value is -1.79. The Labute approximate surface area is 131 Å². The topological polar surface area (TPSA) is 68.8 Å². The van der Waals surface area contributed by atoms with Crippen LogP contribution in [0.25, 0.3) is 0 Å². The summed E-state index contributed by atoms with van der Waals surface area (Å²) in [5.74, 6) is 1.38. The summed E-state index contributed by atoms with van der Waals surface area (Å²) in [5.41, 5.74) is 1.08. The maximum Gasteiger partial charge on any atom is 0.239 e. The Morgan fingerprint density at radius 3 is 2.82 bits per heavy atom. The zero-order valence-electron chi connectivity index (χ0n) is 13.3. The first kappa shape index (κ1) is 16.6. The van der Waals surface area contributed by atoms with Gasteiger partial charge in [-0.3, -0.25) is 4.79 Å². The number of ether oxygens (including phenoxy) is 3. The Bertz CT molecular complexity index is 501. The summed E-state index contributed by atoms with van der Waals surface area (Å²) in [4.78, 5) is 12.1. The van der Waals surface area contributed by atoms with Crippen molar-refractivity contribution in [3.8, 4) is 11.5 Å². The second kappa shape index (κ2) is 8.00. The van der Waals surface area contributed by atoms with Gasteiger partial charge in [-0.05, 0) is 31.0 Å². The van der Waals surface area contributed by atoms with Crippen LogP contribution in [-0.4, -0.2) is 52.0 Å². The number of carbonyl (C=O) groups excluding carboxylic acids is 1. The zero-order valence-corrected chi connectivity index (χ0v) is 13.3. The maximum absolute atomic E-state index is 12.1. The highest BCUT2D eigenvalue weighted by Gasteiger charge is 2.22. The second-order valence-corrected chi connectivity index (χ2v) is 5.38. The van der Waals surface area contributed by atoms with Crippen LogP contribution in [0.15, 0.2) is 18.2 Å². The van der Waals surface area contributed by atoms with Gasteiger partial charge in [0.2, 0.25) is 5.91 Å². The first-order chi connectivity index (χ1) is 10.6. The number of hydrogen-bond donors (Lipinski definition) is 2. The third-order valence-electron chi connectivity index (χ3n) is 3.62. The molecule has 1 aliphatic rings. The van der Waals surface area contributed by atoms with E-state index in [9.17, 15) is 4.79 Å². The van der Waals surface area contributed by atoms with E-state index in [-0.39, 0.29) is 18.0 Å². The number of carbonyl (C=O) groups is 1. The van der Waals surface area contributed by atoms with Crippen molar-refractivity contribution in [2.45, 2.75) is 25.4 Å². The van der Waals surface area contributed by atoms with E-state index in [1.807, 2.05) is 25.1 Å². The number of nitrogens with one attached hydrogen (secondary N) is 2. The van der Waals surface area contributed by atoms with Crippen LogP contribution in [0.5, 0.6) is 11.5 Å². The van der Waals surface area contributed by atoms with Gasteiger partial charge in [0.25, 0.3) is 0 Å². The molecule has 2 N–H and O–H groups in total. The molecule has 0 aliphatic carbocycles. The number of morpholine rings is 1. The molecule has 1 aromatic rings. The first-order valence-electron chi connectivity index (χ1n) is 7.46. The highest BCUT2D eigenvalue weighted by Crippen LogP contribution is 2.27. The third-order valence-corrected chi connectivity index (χ3v) is 3.62. The van der Waals surface area contributed by atoms with Crippen molar-refractivity contribution in [1.29, 1.82) is 0 Å². The van der Waals surface area contributed by atoms with Crippen LogP contribution in [0.2, 0.25) is 0 Å². The van der Waals surface area contributed by atoms with Crippen LogP contribution in [-0.2, 0) is 16.0 Å². The molecule has 1 fully saturated rings. The Morgan fingerprint density at radius 2 is 2.18 bits per heavy atom. The van der Waals surface area contributed by atoms with Crippen LogP contribution >= 0.6 is 0 Å². The van der Waals surface area contributed by atoms with Gasteiger partial charge in [0.05, 0.1) is 27.4 Å². The van der Waals surface area contributed by atoms with E-state index in [0.717, 1.165) is 12.0 Å². The molecular formula is C16H24N2O4. The molecule has 0 saturated carbocycles. The summed E-state index contributed by atoms with van der Waals surface area (Å²) in [6.45, 7) is 3.78. The van der Waals surface area contributed by atoms with Gasteiger partial charge in [0.15, 0.2) is 11.5 Å². The molecule has 2 atom stereocenters. The molecule has 0 radical (unpaired) electrons. The van der Waals surface area contributed by atoms with Gasteiger partial charge in [-0.25, -0.2) is 0 Å². The molecule has 1 saturated heterocycles. The van der Waals surface area contributed by atoms with Gasteiger partial charge in [-0.1, -0.05) is 6.07 Å². The average Bonchev–Trinajstić information content (AvgIpc) is 2.55. The van der Waals surface area contributed by atoms with E-state index in [0.29, 0.717) is 31.3 Å². The summed E-state index contributed by atoms with van der Waals surface area (Å²) in [7, 11) is 3.22. The molecule has 0 bridgehead atoms. The molecule has 22 heavy (non-hydrogen) atoms. The van der Waals surface area contributed by atoms with Gasteiger partial charge in [-0.2, -0.15) is 0 Å². The molecule has 0 aromatic heterocycles. The fraction of sp³-hybridized carbons (Fsp3) is 0.562. The molecule has 6 heteroatoms. The molecule has 1 heterocycles. The number of methoxy groups -OCH3 is 2. The van der Waals surface area contributed by atoms with Crippen LogP contribution in [0.4, 0.5) is 0 Å². The summed E-state index contributed by atoms with van der Waals surface area (Å²) < 4.78 is 15.8. The molecule has 1 aromatic carbocycles. The molecule has 0 spiro atoms. The first-order valence-corrected chi connectivity index (χ1v) is 7.46. The smallest absolute Gasteiger partial charge is 0.239 e. The third kappa shape index (κ3) is 4.35. The predicted molar refractivity (Wildman–Crippen MR) is 83.5 cm³/mol. The zero-order chi connectivity index (χ0) is 15.9. The van der Waals surface area contributed by atoms with Crippen LogP contribution in [0.1, 0.15) is 12.5 Å². The lowest BCUT2D eigenvalue weighted by Gasteiger charge is -2.25. The van der Waals surface area contributed by atoms with Gasteiger partial charge < -0.3 is 24.8 Å². The number of hydrogen-bond acceptors (Lipinski definition) is 5. The lowest BCUT2D eigenvalue weighted by atomic mass is 10.1. The average molecular weight is 308 g/mol. The molecule has 2 unspecified atom stereocenters.